The van der Waals surface area contributed by atoms with E-state index in [4.69, 9.17) is 5.11 Å². The third-order valence-electron chi connectivity index (χ3n) is 3.96. The molecule has 0 aliphatic carbocycles. The molecule has 7 heteroatoms. The maximum absolute atomic E-state index is 10.6. The highest BCUT2D eigenvalue weighted by molar-refractivity contribution is 5.87. The molecule has 1 aromatic carbocycles. The summed E-state index contributed by atoms with van der Waals surface area (Å²) in [6.45, 7) is 4.67. The first-order valence-corrected chi connectivity index (χ1v) is 7.78. The molecule has 0 spiro atoms. The lowest BCUT2D eigenvalue weighted by Gasteiger charge is -2.07. The van der Waals surface area contributed by atoms with Gasteiger partial charge in [0, 0.05) is 13.0 Å². The molecule has 0 unspecified atom stereocenters. The van der Waals surface area contributed by atoms with Crippen molar-refractivity contribution in [2.75, 3.05) is 11.9 Å². The molecule has 0 radical (unpaired) electrons. The average molecular weight is 325 g/mol. The van der Waals surface area contributed by atoms with Gasteiger partial charge in [0.1, 0.15) is 12.1 Å². The standard InChI is InChI=1S/C17H19N5O2/c1-11-5-6-13(8-12(11)2)22-17-14(9-21-22)16(19-10-20-17)18-7-3-4-15(23)24/h5-6,8-10H,3-4,7H2,1-2H3,(H,23,24)(H,18,19,20). The molecular weight excluding hydrogens is 306 g/mol. The van der Waals surface area contributed by atoms with Crippen molar-refractivity contribution in [3.63, 3.8) is 0 Å². The molecule has 3 rings (SSSR count). The molecule has 2 N–H and O–H groups in total. The van der Waals surface area contributed by atoms with E-state index in [1.54, 1.807) is 10.9 Å². The Kier molecular flexibility index (Phi) is 4.41. The minimum absolute atomic E-state index is 0.128. The summed E-state index contributed by atoms with van der Waals surface area (Å²) in [5, 5.41) is 17.1. The number of aromatic nitrogens is 4. The summed E-state index contributed by atoms with van der Waals surface area (Å²) in [7, 11) is 0. The number of nitrogens with zero attached hydrogens (tertiary/aromatic N) is 4. The zero-order valence-corrected chi connectivity index (χ0v) is 13.7. The number of carboxylic acid groups (broad SMARTS) is 1. The first-order chi connectivity index (χ1) is 11.6. The second-order valence-corrected chi connectivity index (χ2v) is 5.71. The van der Waals surface area contributed by atoms with Gasteiger partial charge in [0.25, 0.3) is 0 Å². The largest absolute Gasteiger partial charge is 0.481 e. The number of hydrogen-bond donors (Lipinski definition) is 2. The van der Waals surface area contributed by atoms with Crippen LogP contribution in [0.5, 0.6) is 0 Å². The van der Waals surface area contributed by atoms with E-state index < -0.39 is 5.97 Å². The molecule has 2 aromatic heterocycles. The summed E-state index contributed by atoms with van der Waals surface area (Å²) in [5.41, 5.74) is 4.08. The summed E-state index contributed by atoms with van der Waals surface area (Å²) in [6, 6.07) is 6.14. The van der Waals surface area contributed by atoms with E-state index >= 15 is 0 Å². The summed E-state index contributed by atoms with van der Waals surface area (Å²) in [6.07, 6.45) is 3.88. The van der Waals surface area contributed by atoms with Gasteiger partial charge in [-0.25, -0.2) is 14.6 Å². The van der Waals surface area contributed by atoms with Gasteiger partial charge in [-0.05, 0) is 43.5 Å². The van der Waals surface area contributed by atoms with E-state index in [0.717, 1.165) is 11.1 Å². The maximum atomic E-state index is 10.6. The molecule has 24 heavy (non-hydrogen) atoms. The van der Waals surface area contributed by atoms with Gasteiger partial charge in [0.05, 0.1) is 17.3 Å². The monoisotopic (exact) mass is 325 g/mol. The minimum atomic E-state index is -0.799. The van der Waals surface area contributed by atoms with Crippen LogP contribution >= 0.6 is 0 Å². The van der Waals surface area contributed by atoms with Crippen molar-refractivity contribution in [1.29, 1.82) is 0 Å². The van der Waals surface area contributed by atoms with E-state index in [2.05, 4.69) is 46.4 Å². The molecule has 0 saturated heterocycles. The van der Waals surface area contributed by atoms with Crippen molar-refractivity contribution < 1.29 is 9.90 Å². The number of carbonyl (C=O) groups is 1. The molecule has 0 fully saturated rings. The number of carboxylic acids is 1. The Balaban J connectivity index is 1.88. The summed E-state index contributed by atoms with van der Waals surface area (Å²) < 4.78 is 1.78. The summed E-state index contributed by atoms with van der Waals surface area (Å²) in [5.74, 6) is -0.132. The number of benzene rings is 1. The van der Waals surface area contributed by atoms with Gasteiger partial charge in [0.2, 0.25) is 0 Å². The SMILES string of the molecule is Cc1ccc(-n2ncc3c(NCCCC(=O)O)ncnc32)cc1C. The van der Waals surface area contributed by atoms with Gasteiger partial charge in [0.15, 0.2) is 5.65 Å². The predicted molar refractivity (Wildman–Crippen MR) is 91.5 cm³/mol. The van der Waals surface area contributed by atoms with Crippen molar-refractivity contribution in [2.24, 2.45) is 0 Å². The van der Waals surface area contributed by atoms with Gasteiger partial charge in [-0.3, -0.25) is 4.79 Å². The summed E-state index contributed by atoms with van der Waals surface area (Å²) >= 11 is 0. The van der Waals surface area contributed by atoms with Gasteiger partial charge >= 0.3 is 5.97 Å². The van der Waals surface area contributed by atoms with E-state index in [1.165, 1.54) is 17.5 Å². The van der Waals surface area contributed by atoms with Gasteiger partial charge in [-0.2, -0.15) is 5.10 Å². The molecule has 0 amide bonds. The molecule has 7 nitrogen and oxygen atoms in total. The van der Waals surface area contributed by atoms with Crippen molar-refractivity contribution in [3.8, 4) is 5.69 Å². The van der Waals surface area contributed by atoms with Crippen LogP contribution in [0.25, 0.3) is 16.7 Å². The molecule has 3 aromatic rings. The normalized spacial score (nSPS) is 10.9. The number of hydrogen-bond acceptors (Lipinski definition) is 5. The number of nitrogens with one attached hydrogen (secondary N) is 1. The molecule has 0 bridgehead atoms. The molecule has 0 saturated carbocycles. The Morgan fingerprint density at radius 3 is 2.83 bits per heavy atom. The van der Waals surface area contributed by atoms with Crippen LogP contribution < -0.4 is 5.32 Å². The lowest BCUT2D eigenvalue weighted by Crippen LogP contribution is -2.07. The second kappa shape index (κ2) is 6.66. The third-order valence-corrected chi connectivity index (χ3v) is 3.96. The van der Waals surface area contributed by atoms with Crippen LogP contribution in [0.2, 0.25) is 0 Å². The van der Waals surface area contributed by atoms with E-state index in [9.17, 15) is 4.79 Å². The van der Waals surface area contributed by atoms with Gasteiger partial charge in [-0.1, -0.05) is 6.07 Å². The van der Waals surface area contributed by atoms with Crippen LogP contribution in [0.1, 0.15) is 24.0 Å². The smallest absolute Gasteiger partial charge is 0.303 e. The molecule has 0 atom stereocenters. The van der Waals surface area contributed by atoms with Crippen LogP contribution in [0.3, 0.4) is 0 Å². The Morgan fingerprint density at radius 2 is 2.08 bits per heavy atom. The topological polar surface area (TPSA) is 92.9 Å². The quantitative estimate of drug-likeness (QED) is 0.677. The van der Waals surface area contributed by atoms with Crippen LogP contribution in [0.15, 0.2) is 30.7 Å². The number of anilines is 1. The number of aliphatic carboxylic acids is 1. The lowest BCUT2D eigenvalue weighted by molar-refractivity contribution is -0.137. The van der Waals surface area contributed by atoms with Crippen molar-refractivity contribution in [1.82, 2.24) is 19.7 Å². The molecule has 124 valence electrons. The number of rotatable bonds is 6. The van der Waals surface area contributed by atoms with Crippen LogP contribution in [0, 0.1) is 13.8 Å². The Labute approximate surface area is 139 Å². The fraction of sp³-hybridized carbons (Fsp3) is 0.294. The van der Waals surface area contributed by atoms with Gasteiger partial charge in [-0.15, -0.1) is 0 Å². The molecule has 2 heterocycles. The number of fused-ring (bicyclic) bond motifs is 1. The fourth-order valence-electron chi connectivity index (χ4n) is 2.48. The second-order valence-electron chi connectivity index (χ2n) is 5.71. The Bertz CT molecular complexity index is 888. The van der Waals surface area contributed by atoms with E-state index in [0.29, 0.717) is 24.4 Å². The Hall–Kier alpha value is -2.96. The first-order valence-electron chi connectivity index (χ1n) is 7.78. The van der Waals surface area contributed by atoms with Crippen LogP contribution in [-0.2, 0) is 4.79 Å². The zero-order chi connectivity index (χ0) is 17.1. The minimum Gasteiger partial charge on any atom is -0.481 e. The maximum Gasteiger partial charge on any atom is 0.303 e. The fourth-order valence-corrected chi connectivity index (χ4v) is 2.48. The number of aryl methyl sites for hydroxylation is 2. The van der Waals surface area contributed by atoms with Crippen molar-refractivity contribution in [2.45, 2.75) is 26.7 Å². The average Bonchev–Trinajstić information content (AvgIpc) is 2.99. The molecule has 0 aliphatic rings. The highest BCUT2D eigenvalue weighted by Gasteiger charge is 2.11. The van der Waals surface area contributed by atoms with Crippen LogP contribution in [-0.4, -0.2) is 37.4 Å². The lowest BCUT2D eigenvalue weighted by atomic mass is 10.1. The summed E-state index contributed by atoms with van der Waals surface area (Å²) in [4.78, 5) is 19.1. The third kappa shape index (κ3) is 3.19. The molecule has 0 aliphatic heterocycles. The van der Waals surface area contributed by atoms with Gasteiger partial charge < -0.3 is 10.4 Å². The zero-order valence-electron chi connectivity index (χ0n) is 13.7. The highest BCUT2D eigenvalue weighted by Crippen LogP contribution is 2.22. The van der Waals surface area contributed by atoms with Crippen molar-refractivity contribution >= 4 is 22.8 Å². The Morgan fingerprint density at radius 1 is 1.25 bits per heavy atom. The van der Waals surface area contributed by atoms with E-state index in [-0.39, 0.29) is 6.42 Å². The predicted octanol–water partition coefficient (Wildman–Crippen LogP) is 2.71. The molecular formula is C17H19N5O2. The first kappa shape index (κ1) is 15.9. The highest BCUT2D eigenvalue weighted by atomic mass is 16.4. The van der Waals surface area contributed by atoms with E-state index in [1.807, 2.05) is 6.07 Å². The van der Waals surface area contributed by atoms with Crippen LogP contribution in [0.4, 0.5) is 5.82 Å². The van der Waals surface area contributed by atoms with Crippen molar-refractivity contribution in [3.05, 3.63) is 41.9 Å².